The monoisotopic (exact) mass is 328 g/mol. The van der Waals surface area contributed by atoms with E-state index in [0.717, 1.165) is 10.0 Å². The van der Waals surface area contributed by atoms with Crippen molar-refractivity contribution in [3.63, 3.8) is 0 Å². The molecule has 2 rings (SSSR count). The number of nitrogens with one attached hydrogen (secondary N) is 1. The number of hydrogen-bond donors (Lipinski definition) is 1. The van der Waals surface area contributed by atoms with Gasteiger partial charge in [0.15, 0.2) is 0 Å². The van der Waals surface area contributed by atoms with Crippen molar-refractivity contribution in [3.05, 3.63) is 76.3 Å². The lowest BCUT2D eigenvalue weighted by molar-refractivity contribution is 0.0955. The van der Waals surface area contributed by atoms with Crippen molar-refractivity contribution < 1.29 is 4.79 Å². The predicted molar refractivity (Wildman–Crippen MR) is 85.7 cm³/mol. The first-order valence-electron chi connectivity index (χ1n) is 6.06. The fraction of sp³-hybridized carbons (Fsp3) is 0. The van der Waals surface area contributed by atoms with E-state index in [1.807, 2.05) is 54.6 Å². The molecule has 0 atom stereocenters. The maximum Gasteiger partial charge on any atom is 0.271 e. The van der Waals surface area contributed by atoms with E-state index < -0.39 is 0 Å². The minimum absolute atomic E-state index is 0.234. The molecule has 2 aromatic carbocycles. The number of benzene rings is 2. The first-order chi connectivity index (χ1) is 9.75. The van der Waals surface area contributed by atoms with Crippen LogP contribution in [0.4, 0.5) is 0 Å². The van der Waals surface area contributed by atoms with Gasteiger partial charge in [0.05, 0.1) is 6.21 Å². The summed E-state index contributed by atoms with van der Waals surface area (Å²) in [5, 5.41) is 3.90. The minimum atomic E-state index is -0.234. The van der Waals surface area contributed by atoms with Crippen molar-refractivity contribution in [2.75, 3.05) is 0 Å². The summed E-state index contributed by atoms with van der Waals surface area (Å²) in [6.07, 6.45) is 3.46. The quantitative estimate of drug-likeness (QED) is 0.672. The highest BCUT2D eigenvalue weighted by molar-refractivity contribution is 9.12. The van der Waals surface area contributed by atoms with Crippen molar-refractivity contribution in [2.24, 2.45) is 5.10 Å². The topological polar surface area (TPSA) is 41.5 Å². The summed E-state index contributed by atoms with van der Waals surface area (Å²) in [6, 6.07) is 18.8. The fourth-order valence-electron chi connectivity index (χ4n) is 1.55. The molecule has 1 amide bonds. The molecule has 0 aliphatic carbocycles. The van der Waals surface area contributed by atoms with E-state index in [9.17, 15) is 4.79 Å². The summed E-state index contributed by atoms with van der Waals surface area (Å²) in [7, 11) is 0. The molecular formula is C16H13BrN2O. The van der Waals surface area contributed by atoms with Gasteiger partial charge in [-0.15, -0.1) is 0 Å². The van der Waals surface area contributed by atoms with Crippen molar-refractivity contribution in [1.82, 2.24) is 5.43 Å². The molecule has 0 bridgehead atoms. The molecule has 100 valence electrons. The molecule has 0 radical (unpaired) electrons. The fourth-order valence-corrected chi connectivity index (χ4v) is 1.92. The van der Waals surface area contributed by atoms with Gasteiger partial charge in [0.2, 0.25) is 0 Å². The average molecular weight is 329 g/mol. The third-order valence-corrected chi connectivity index (χ3v) is 2.93. The van der Waals surface area contributed by atoms with Gasteiger partial charge in [-0.2, -0.15) is 5.10 Å². The molecule has 0 saturated carbocycles. The van der Waals surface area contributed by atoms with Crippen LogP contribution >= 0.6 is 15.9 Å². The summed E-state index contributed by atoms with van der Waals surface area (Å²) in [5.74, 6) is -0.234. The molecule has 0 saturated heterocycles. The van der Waals surface area contributed by atoms with Crippen LogP contribution in [0.3, 0.4) is 0 Å². The van der Waals surface area contributed by atoms with Crippen LogP contribution in [0.2, 0.25) is 0 Å². The third kappa shape index (κ3) is 4.48. The molecule has 0 spiro atoms. The van der Waals surface area contributed by atoms with Crippen LogP contribution in [-0.2, 0) is 0 Å². The normalized spacial score (nSPS) is 11.6. The Morgan fingerprint density at radius 2 is 1.60 bits per heavy atom. The van der Waals surface area contributed by atoms with Gasteiger partial charge in [-0.1, -0.05) is 48.5 Å². The smallest absolute Gasteiger partial charge is 0.267 e. The zero-order valence-electron chi connectivity index (χ0n) is 10.7. The van der Waals surface area contributed by atoms with Crippen molar-refractivity contribution >= 4 is 34.1 Å². The van der Waals surface area contributed by atoms with Crippen LogP contribution in [0, 0.1) is 0 Å². The Labute approximate surface area is 126 Å². The van der Waals surface area contributed by atoms with E-state index in [0.29, 0.717) is 5.56 Å². The van der Waals surface area contributed by atoms with E-state index in [4.69, 9.17) is 0 Å². The van der Waals surface area contributed by atoms with Gasteiger partial charge in [0.25, 0.3) is 5.91 Å². The SMILES string of the molecule is O=C(NN=C/C(Br)=C\c1ccccc1)c1ccccc1. The highest BCUT2D eigenvalue weighted by Gasteiger charge is 2.01. The summed E-state index contributed by atoms with van der Waals surface area (Å²) in [4.78, 5) is 11.7. The standard InChI is InChI=1S/C16H13BrN2O/c17-15(11-13-7-3-1-4-8-13)12-18-19-16(20)14-9-5-2-6-10-14/h1-12H,(H,19,20)/b15-11+,18-12?. The van der Waals surface area contributed by atoms with Crippen molar-refractivity contribution in [1.29, 1.82) is 0 Å². The highest BCUT2D eigenvalue weighted by Crippen LogP contribution is 2.09. The van der Waals surface area contributed by atoms with E-state index in [-0.39, 0.29) is 5.91 Å². The molecule has 20 heavy (non-hydrogen) atoms. The average Bonchev–Trinajstić information content (AvgIpc) is 2.49. The number of nitrogens with zero attached hydrogens (tertiary/aromatic N) is 1. The van der Waals surface area contributed by atoms with E-state index in [1.54, 1.807) is 18.3 Å². The van der Waals surface area contributed by atoms with E-state index in [2.05, 4.69) is 26.5 Å². The second-order valence-corrected chi connectivity index (χ2v) is 4.92. The van der Waals surface area contributed by atoms with Gasteiger partial charge in [-0.3, -0.25) is 4.79 Å². The van der Waals surface area contributed by atoms with Crippen molar-refractivity contribution in [3.8, 4) is 0 Å². The Hall–Kier alpha value is -2.20. The van der Waals surface area contributed by atoms with Gasteiger partial charge in [-0.25, -0.2) is 5.43 Å². The summed E-state index contributed by atoms with van der Waals surface area (Å²) in [5.41, 5.74) is 4.11. The third-order valence-electron chi connectivity index (χ3n) is 2.49. The molecule has 3 nitrogen and oxygen atoms in total. The molecule has 0 heterocycles. The summed E-state index contributed by atoms with van der Waals surface area (Å²) < 4.78 is 0.775. The molecule has 4 heteroatoms. The Morgan fingerprint density at radius 3 is 2.25 bits per heavy atom. The zero-order chi connectivity index (χ0) is 14.2. The Morgan fingerprint density at radius 1 is 1.00 bits per heavy atom. The lowest BCUT2D eigenvalue weighted by Gasteiger charge is -1.98. The molecule has 2 aromatic rings. The predicted octanol–water partition coefficient (Wildman–Crippen LogP) is 3.84. The largest absolute Gasteiger partial charge is 0.271 e. The van der Waals surface area contributed by atoms with Crippen LogP contribution in [0.25, 0.3) is 6.08 Å². The minimum Gasteiger partial charge on any atom is -0.267 e. The van der Waals surface area contributed by atoms with Gasteiger partial charge < -0.3 is 0 Å². The number of carbonyl (C=O) groups excluding carboxylic acids is 1. The molecule has 1 N–H and O–H groups in total. The molecule has 0 fully saturated rings. The maximum atomic E-state index is 11.7. The van der Waals surface area contributed by atoms with E-state index in [1.165, 1.54) is 0 Å². The molecule has 0 unspecified atom stereocenters. The Bertz CT molecular complexity index is 621. The van der Waals surface area contributed by atoms with Crippen LogP contribution in [-0.4, -0.2) is 12.1 Å². The van der Waals surface area contributed by atoms with E-state index >= 15 is 0 Å². The summed E-state index contributed by atoms with van der Waals surface area (Å²) >= 11 is 3.38. The van der Waals surface area contributed by atoms with Gasteiger partial charge in [-0.05, 0) is 39.7 Å². The van der Waals surface area contributed by atoms with Gasteiger partial charge in [0, 0.05) is 10.0 Å². The number of carbonyl (C=O) groups is 1. The first-order valence-corrected chi connectivity index (χ1v) is 6.86. The molecule has 0 aliphatic rings. The number of hydrogen-bond acceptors (Lipinski definition) is 2. The molecule has 0 aromatic heterocycles. The van der Waals surface area contributed by atoms with Crippen molar-refractivity contribution in [2.45, 2.75) is 0 Å². The van der Waals surface area contributed by atoms with Crippen LogP contribution in [0.5, 0.6) is 0 Å². The number of hydrazone groups is 1. The lowest BCUT2D eigenvalue weighted by atomic mass is 10.2. The number of allylic oxidation sites excluding steroid dienone is 1. The van der Waals surface area contributed by atoms with Gasteiger partial charge in [0.1, 0.15) is 0 Å². The van der Waals surface area contributed by atoms with Crippen LogP contribution in [0.1, 0.15) is 15.9 Å². The highest BCUT2D eigenvalue weighted by atomic mass is 79.9. The maximum absolute atomic E-state index is 11.7. The van der Waals surface area contributed by atoms with Crippen LogP contribution < -0.4 is 5.43 Å². The zero-order valence-corrected chi connectivity index (χ0v) is 12.2. The van der Waals surface area contributed by atoms with Gasteiger partial charge >= 0.3 is 0 Å². The second-order valence-electron chi connectivity index (χ2n) is 4.01. The Balaban J connectivity index is 1.94. The number of halogens is 1. The second kappa shape index (κ2) is 7.40. The first kappa shape index (κ1) is 14.2. The van der Waals surface area contributed by atoms with Crippen LogP contribution in [0.15, 0.2) is 70.2 Å². The Kier molecular flexibility index (Phi) is 5.26. The molecular weight excluding hydrogens is 316 g/mol. The number of rotatable bonds is 4. The molecule has 0 aliphatic heterocycles. The summed E-state index contributed by atoms with van der Waals surface area (Å²) in [6.45, 7) is 0. The lowest BCUT2D eigenvalue weighted by Crippen LogP contribution is -2.17. The number of amides is 1.